The van der Waals surface area contributed by atoms with Crippen LogP contribution in [-0.4, -0.2) is 12.1 Å². The summed E-state index contributed by atoms with van der Waals surface area (Å²) in [6, 6.07) is 0. The zero-order valence-corrected chi connectivity index (χ0v) is 7.10. The number of hydrogen-bond donors (Lipinski definition) is 1. The van der Waals surface area contributed by atoms with E-state index in [1.807, 2.05) is 0 Å². The molecule has 0 aromatic carbocycles. The van der Waals surface area contributed by atoms with Crippen LogP contribution in [-0.2, 0) is 11.3 Å². The van der Waals surface area contributed by atoms with Crippen LogP contribution in [0.25, 0.3) is 0 Å². The Labute approximate surface area is 70.4 Å². The molecule has 0 radical (unpaired) electrons. The van der Waals surface area contributed by atoms with Crippen molar-refractivity contribution in [1.29, 1.82) is 0 Å². The van der Waals surface area contributed by atoms with Gasteiger partial charge in [0.05, 0.1) is 24.2 Å². The number of aromatic nitrogens is 1. The van der Waals surface area contributed by atoms with E-state index in [9.17, 15) is 4.39 Å². The van der Waals surface area contributed by atoms with Gasteiger partial charge in [0, 0.05) is 12.7 Å². The van der Waals surface area contributed by atoms with Gasteiger partial charge < -0.3 is 10.5 Å². The van der Waals surface area contributed by atoms with Gasteiger partial charge >= 0.3 is 0 Å². The molecular weight excluding hydrogens is 159 g/mol. The van der Waals surface area contributed by atoms with Gasteiger partial charge in [-0.2, -0.15) is 0 Å². The maximum Gasteiger partial charge on any atom is 0.149 e. The van der Waals surface area contributed by atoms with Gasteiger partial charge in [0.15, 0.2) is 0 Å². The fraction of sp³-hybridized carbons (Fsp3) is 0.375. The second-order valence-electron chi connectivity index (χ2n) is 2.52. The molecule has 0 atom stereocenters. The molecule has 0 amide bonds. The van der Waals surface area contributed by atoms with Gasteiger partial charge in [-0.15, -0.1) is 0 Å². The molecule has 2 N–H and O–H groups in total. The van der Waals surface area contributed by atoms with E-state index in [-0.39, 0.29) is 6.61 Å². The molecule has 4 heteroatoms. The van der Waals surface area contributed by atoms with Crippen LogP contribution in [0.5, 0.6) is 0 Å². The molecule has 0 aliphatic carbocycles. The number of nitrogen functional groups attached to an aromatic ring is 1. The minimum atomic E-state index is -0.417. The lowest BCUT2D eigenvalue weighted by Crippen LogP contribution is -2.03. The molecule has 1 heterocycles. The summed E-state index contributed by atoms with van der Waals surface area (Å²) in [5.74, 6) is -0.417. The highest BCUT2D eigenvalue weighted by Crippen LogP contribution is 2.18. The lowest BCUT2D eigenvalue weighted by atomic mass is 10.2. The van der Waals surface area contributed by atoms with Crippen LogP contribution in [0.2, 0.25) is 0 Å². The Morgan fingerprint density at radius 2 is 2.33 bits per heavy atom. The summed E-state index contributed by atoms with van der Waals surface area (Å²) < 4.78 is 17.8. The number of anilines is 1. The number of pyridine rings is 1. The lowest BCUT2D eigenvalue weighted by molar-refractivity contribution is 0.182. The monoisotopic (exact) mass is 170 g/mol. The fourth-order valence-corrected chi connectivity index (χ4v) is 0.939. The zero-order chi connectivity index (χ0) is 9.14. The van der Waals surface area contributed by atoms with Gasteiger partial charge in [0.2, 0.25) is 0 Å². The number of ether oxygens (including phenoxy) is 1. The summed E-state index contributed by atoms with van der Waals surface area (Å²) in [4.78, 5) is 3.77. The second-order valence-corrected chi connectivity index (χ2v) is 2.52. The lowest BCUT2D eigenvalue weighted by Gasteiger charge is -2.07. The van der Waals surface area contributed by atoms with E-state index in [4.69, 9.17) is 10.5 Å². The molecule has 0 aliphatic heterocycles. The van der Waals surface area contributed by atoms with E-state index in [1.54, 1.807) is 6.92 Å². The normalized spacial score (nSPS) is 10.2. The average molecular weight is 170 g/mol. The Hall–Kier alpha value is -1.16. The smallest absolute Gasteiger partial charge is 0.149 e. The maximum atomic E-state index is 13.0. The van der Waals surface area contributed by atoms with Crippen molar-refractivity contribution in [2.45, 2.75) is 13.5 Å². The molecule has 0 bridgehead atoms. The van der Waals surface area contributed by atoms with Gasteiger partial charge in [-0.1, -0.05) is 0 Å². The number of nitrogens with two attached hydrogens (primary N) is 1. The minimum absolute atomic E-state index is 0.182. The molecule has 0 saturated heterocycles. The molecule has 0 saturated carbocycles. The number of nitrogens with zero attached hydrogens (tertiary/aromatic N) is 1. The first-order valence-electron chi connectivity index (χ1n) is 3.55. The average Bonchev–Trinajstić information content (AvgIpc) is 2.06. The highest BCUT2D eigenvalue weighted by atomic mass is 19.1. The number of hydrogen-bond acceptors (Lipinski definition) is 3. The topological polar surface area (TPSA) is 48.1 Å². The molecule has 0 unspecified atom stereocenters. The Morgan fingerprint density at radius 1 is 1.67 bits per heavy atom. The molecular formula is C8H11FN2O. The molecule has 1 rings (SSSR count). The Bertz CT molecular complexity index is 289. The third-order valence-corrected chi connectivity index (χ3v) is 1.66. The van der Waals surface area contributed by atoms with Crippen molar-refractivity contribution in [1.82, 2.24) is 4.98 Å². The van der Waals surface area contributed by atoms with Crippen molar-refractivity contribution in [3.05, 3.63) is 23.3 Å². The SMILES string of the molecule is COCc1c(F)cnc(C)c1N. The van der Waals surface area contributed by atoms with Gasteiger partial charge in [0.1, 0.15) is 5.82 Å². The first-order valence-corrected chi connectivity index (χ1v) is 3.55. The second kappa shape index (κ2) is 3.49. The molecule has 66 valence electrons. The molecule has 3 nitrogen and oxygen atoms in total. The van der Waals surface area contributed by atoms with E-state index >= 15 is 0 Å². The van der Waals surface area contributed by atoms with Crippen molar-refractivity contribution in [3.8, 4) is 0 Å². The standard InChI is InChI=1S/C8H11FN2O/c1-5-8(10)6(4-12-2)7(9)3-11-5/h3H,4,10H2,1-2H3. The van der Waals surface area contributed by atoms with Crippen LogP contribution in [0.1, 0.15) is 11.3 Å². The van der Waals surface area contributed by atoms with Crippen molar-refractivity contribution in [2.24, 2.45) is 0 Å². The van der Waals surface area contributed by atoms with Crippen molar-refractivity contribution >= 4 is 5.69 Å². The number of halogens is 1. The third-order valence-electron chi connectivity index (χ3n) is 1.66. The molecule has 1 aromatic heterocycles. The first kappa shape index (κ1) is 8.93. The van der Waals surface area contributed by atoms with Crippen molar-refractivity contribution in [3.63, 3.8) is 0 Å². The molecule has 0 aliphatic rings. The van der Waals surface area contributed by atoms with Gasteiger partial charge in [-0.05, 0) is 6.92 Å². The van der Waals surface area contributed by atoms with E-state index in [0.717, 1.165) is 6.20 Å². The minimum Gasteiger partial charge on any atom is -0.397 e. The van der Waals surface area contributed by atoms with Crippen LogP contribution >= 0.6 is 0 Å². The Balaban J connectivity index is 3.14. The number of rotatable bonds is 2. The summed E-state index contributed by atoms with van der Waals surface area (Å²) in [5.41, 5.74) is 6.97. The first-order chi connectivity index (χ1) is 5.66. The molecule has 1 aromatic rings. The summed E-state index contributed by atoms with van der Waals surface area (Å²) in [6.45, 7) is 1.91. The quantitative estimate of drug-likeness (QED) is 0.726. The number of methoxy groups -OCH3 is 1. The van der Waals surface area contributed by atoms with Crippen molar-refractivity contribution in [2.75, 3.05) is 12.8 Å². The van der Waals surface area contributed by atoms with Gasteiger partial charge in [0.25, 0.3) is 0 Å². The van der Waals surface area contributed by atoms with Crippen molar-refractivity contribution < 1.29 is 9.13 Å². The van der Waals surface area contributed by atoms with E-state index in [0.29, 0.717) is 16.9 Å². The van der Waals surface area contributed by atoms with E-state index < -0.39 is 5.82 Å². The van der Waals surface area contributed by atoms with Gasteiger partial charge in [-0.3, -0.25) is 4.98 Å². The van der Waals surface area contributed by atoms with E-state index in [1.165, 1.54) is 7.11 Å². The summed E-state index contributed by atoms with van der Waals surface area (Å²) in [7, 11) is 1.49. The summed E-state index contributed by atoms with van der Waals surface area (Å²) >= 11 is 0. The molecule has 0 fully saturated rings. The van der Waals surface area contributed by atoms with Gasteiger partial charge in [-0.25, -0.2) is 4.39 Å². The zero-order valence-electron chi connectivity index (χ0n) is 7.10. The molecule has 12 heavy (non-hydrogen) atoms. The highest BCUT2D eigenvalue weighted by Gasteiger charge is 2.08. The van der Waals surface area contributed by atoms with Crippen LogP contribution in [0.4, 0.5) is 10.1 Å². The third kappa shape index (κ3) is 1.53. The summed E-state index contributed by atoms with van der Waals surface area (Å²) in [5, 5.41) is 0. The summed E-state index contributed by atoms with van der Waals surface area (Å²) in [6.07, 6.45) is 1.15. The van der Waals surface area contributed by atoms with Crippen LogP contribution in [0.15, 0.2) is 6.20 Å². The van der Waals surface area contributed by atoms with E-state index in [2.05, 4.69) is 4.98 Å². The Kier molecular flexibility index (Phi) is 2.60. The number of aryl methyl sites for hydroxylation is 1. The molecule has 0 spiro atoms. The fourth-order valence-electron chi connectivity index (χ4n) is 0.939. The predicted octanol–water partition coefficient (Wildman–Crippen LogP) is 1.26. The highest BCUT2D eigenvalue weighted by molar-refractivity contribution is 5.50. The van der Waals surface area contributed by atoms with Crippen LogP contribution in [0.3, 0.4) is 0 Å². The predicted molar refractivity (Wildman–Crippen MR) is 44.1 cm³/mol. The van der Waals surface area contributed by atoms with Crippen LogP contribution < -0.4 is 5.73 Å². The Morgan fingerprint density at radius 3 is 2.92 bits per heavy atom. The largest absolute Gasteiger partial charge is 0.397 e. The maximum absolute atomic E-state index is 13.0. The van der Waals surface area contributed by atoms with Crippen LogP contribution in [0, 0.1) is 12.7 Å².